The van der Waals surface area contributed by atoms with E-state index in [1.807, 2.05) is 28.2 Å². The van der Waals surface area contributed by atoms with Gasteiger partial charge in [-0.2, -0.15) is 0 Å². The third-order valence-electron chi connectivity index (χ3n) is 10.7. The number of carboxylic acids is 2. The predicted molar refractivity (Wildman–Crippen MR) is 227 cm³/mol. The molecule has 0 saturated heterocycles. The third kappa shape index (κ3) is 36.8. The highest BCUT2D eigenvalue weighted by atomic mass is 16.5. The SMILES string of the molecule is CCCCCCCCCCCCCCOCC(COCCCCCCCCCCCCCC)(COCC[N+](C)(C)CC(=O)O)COCC[N+](C)(C)CC(=O)O. The molecule has 55 heavy (non-hydrogen) atoms. The molecule has 0 unspecified atom stereocenters. The number of unbranched alkanes of at least 4 members (excludes halogenated alkanes) is 22. The number of carbonyl (C=O) groups is 2. The van der Waals surface area contributed by atoms with Gasteiger partial charge in [0, 0.05) is 13.2 Å². The van der Waals surface area contributed by atoms with Crippen LogP contribution in [-0.2, 0) is 28.5 Å². The van der Waals surface area contributed by atoms with E-state index < -0.39 is 17.4 Å². The summed E-state index contributed by atoms with van der Waals surface area (Å²) in [5, 5.41) is 18.7. The molecule has 0 heterocycles. The van der Waals surface area contributed by atoms with Crippen molar-refractivity contribution in [3.8, 4) is 0 Å². The zero-order valence-corrected chi connectivity index (χ0v) is 37.2. The number of aliphatic carboxylic acids is 2. The summed E-state index contributed by atoms with van der Waals surface area (Å²) < 4.78 is 25.9. The molecule has 0 amide bonds. The van der Waals surface area contributed by atoms with Crippen molar-refractivity contribution in [2.75, 3.05) is 107 Å². The van der Waals surface area contributed by atoms with Crippen molar-refractivity contribution in [3.63, 3.8) is 0 Å². The normalized spacial score (nSPS) is 12.5. The molecule has 0 spiro atoms. The maximum absolute atomic E-state index is 11.4. The van der Waals surface area contributed by atoms with E-state index in [-0.39, 0.29) is 13.1 Å². The van der Waals surface area contributed by atoms with Gasteiger partial charge in [0.05, 0.1) is 73.2 Å². The van der Waals surface area contributed by atoms with Crippen LogP contribution in [0.2, 0.25) is 0 Å². The van der Waals surface area contributed by atoms with E-state index >= 15 is 0 Å². The largest absolute Gasteiger partial charge is 0.477 e. The van der Waals surface area contributed by atoms with Gasteiger partial charge in [-0.3, -0.25) is 0 Å². The van der Waals surface area contributed by atoms with Gasteiger partial charge < -0.3 is 38.1 Å². The molecular weight excluding hydrogens is 697 g/mol. The maximum Gasteiger partial charge on any atom is 0.359 e. The van der Waals surface area contributed by atoms with E-state index in [0.29, 0.717) is 74.9 Å². The first-order valence-electron chi connectivity index (χ1n) is 22.8. The zero-order chi connectivity index (χ0) is 40.9. The van der Waals surface area contributed by atoms with Gasteiger partial charge in [0.2, 0.25) is 0 Å². The molecule has 0 atom stereocenters. The molecule has 0 fully saturated rings. The highest BCUT2D eigenvalue weighted by Crippen LogP contribution is 2.22. The Balaban J connectivity index is 5.09. The van der Waals surface area contributed by atoms with Crippen molar-refractivity contribution in [2.45, 2.75) is 168 Å². The molecular formula is C45H92N2O8+2. The fraction of sp³-hybridized carbons (Fsp3) is 0.956. The number of hydrogen-bond acceptors (Lipinski definition) is 6. The molecule has 0 bridgehead atoms. The summed E-state index contributed by atoms with van der Waals surface area (Å²) in [5.41, 5.74) is -0.526. The summed E-state index contributed by atoms with van der Waals surface area (Å²) in [5.74, 6) is -1.65. The average molecular weight is 789 g/mol. The summed E-state index contributed by atoms with van der Waals surface area (Å²) >= 11 is 0. The highest BCUT2D eigenvalue weighted by molar-refractivity contribution is 5.68. The Morgan fingerprint density at radius 2 is 0.636 bits per heavy atom. The molecule has 0 radical (unpaired) electrons. The molecule has 0 aliphatic heterocycles. The van der Waals surface area contributed by atoms with Gasteiger partial charge in [-0.1, -0.05) is 155 Å². The predicted octanol–water partition coefficient (Wildman–Crippen LogP) is 9.76. The van der Waals surface area contributed by atoms with E-state index in [0.717, 1.165) is 12.8 Å². The van der Waals surface area contributed by atoms with Gasteiger partial charge in [0.1, 0.15) is 13.1 Å². The summed E-state index contributed by atoms with van der Waals surface area (Å²) in [6.45, 7) is 9.61. The average Bonchev–Trinajstić information content (AvgIpc) is 3.11. The van der Waals surface area contributed by atoms with Crippen LogP contribution in [0.1, 0.15) is 168 Å². The molecule has 0 aliphatic carbocycles. The first-order valence-corrected chi connectivity index (χ1v) is 22.8. The van der Waals surface area contributed by atoms with Crippen LogP contribution in [0, 0.1) is 5.41 Å². The van der Waals surface area contributed by atoms with Gasteiger partial charge in [-0.05, 0) is 12.8 Å². The van der Waals surface area contributed by atoms with Crippen LogP contribution in [0.15, 0.2) is 0 Å². The lowest BCUT2D eigenvalue weighted by atomic mass is 9.92. The Hall–Kier alpha value is -1.30. The second kappa shape index (κ2) is 35.8. The Bertz CT molecular complexity index is 815. The van der Waals surface area contributed by atoms with Gasteiger partial charge >= 0.3 is 11.9 Å². The fourth-order valence-electron chi connectivity index (χ4n) is 7.01. The van der Waals surface area contributed by atoms with Gasteiger partial charge in [-0.25, -0.2) is 9.59 Å². The lowest BCUT2D eigenvalue weighted by Crippen LogP contribution is -2.48. The van der Waals surface area contributed by atoms with Crippen molar-refractivity contribution >= 4 is 11.9 Å². The van der Waals surface area contributed by atoms with E-state index in [2.05, 4.69) is 13.8 Å². The van der Waals surface area contributed by atoms with E-state index in [4.69, 9.17) is 18.9 Å². The second-order valence-electron chi connectivity index (χ2n) is 17.9. The molecule has 2 N–H and O–H groups in total. The molecule has 10 heteroatoms. The summed E-state index contributed by atoms with van der Waals surface area (Å²) in [7, 11) is 7.61. The van der Waals surface area contributed by atoms with Crippen molar-refractivity contribution in [1.29, 1.82) is 0 Å². The monoisotopic (exact) mass is 789 g/mol. The quantitative estimate of drug-likeness (QED) is 0.0464. The molecule has 0 aromatic carbocycles. The van der Waals surface area contributed by atoms with Crippen molar-refractivity contribution < 1.29 is 47.7 Å². The molecule has 0 aliphatic rings. The van der Waals surface area contributed by atoms with Gasteiger partial charge in [0.15, 0.2) is 13.1 Å². The van der Waals surface area contributed by atoms with Crippen LogP contribution in [0.5, 0.6) is 0 Å². The Morgan fingerprint density at radius 3 is 0.891 bits per heavy atom. The van der Waals surface area contributed by atoms with Crippen LogP contribution in [0.3, 0.4) is 0 Å². The number of likely N-dealkylation sites (N-methyl/N-ethyl adjacent to an activating group) is 2. The summed E-state index contributed by atoms with van der Waals surface area (Å²) in [6, 6.07) is 0. The van der Waals surface area contributed by atoms with Crippen LogP contribution < -0.4 is 0 Å². The minimum absolute atomic E-state index is 0.0340. The molecule has 0 aromatic heterocycles. The van der Waals surface area contributed by atoms with E-state index in [9.17, 15) is 19.8 Å². The van der Waals surface area contributed by atoms with Crippen molar-refractivity contribution in [3.05, 3.63) is 0 Å². The van der Waals surface area contributed by atoms with Crippen molar-refractivity contribution in [2.24, 2.45) is 5.41 Å². The molecule has 328 valence electrons. The third-order valence-corrected chi connectivity index (χ3v) is 10.7. The minimum Gasteiger partial charge on any atom is -0.477 e. The lowest BCUT2D eigenvalue weighted by molar-refractivity contribution is -0.883. The molecule has 10 nitrogen and oxygen atoms in total. The second-order valence-corrected chi connectivity index (χ2v) is 17.9. The first kappa shape index (κ1) is 53.7. The topological polar surface area (TPSA) is 112 Å². The number of rotatable bonds is 44. The van der Waals surface area contributed by atoms with E-state index in [1.54, 1.807) is 0 Å². The number of ether oxygens (including phenoxy) is 4. The van der Waals surface area contributed by atoms with Crippen molar-refractivity contribution in [1.82, 2.24) is 0 Å². The summed E-state index contributed by atoms with van der Waals surface area (Å²) in [6.07, 6.45) is 31.2. The zero-order valence-electron chi connectivity index (χ0n) is 37.2. The first-order chi connectivity index (χ1) is 26.4. The molecule has 0 aromatic rings. The summed E-state index contributed by atoms with van der Waals surface area (Å²) in [4.78, 5) is 22.7. The number of quaternary nitrogens is 2. The van der Waals surface area contributed by atoms with Crippen LogP contribution in [0.4, 0.5) is 0 Å². The Kier molecular flexibility index (Phi) is 35.0. The molecule has 0 rings (SSSR count). The van der Waals surface area contributed by atoms with Gasteiger partial charge in [-0.15, -0.1) is 0 Å². The number of carboxylic acid groups (broad SMARTS) is 2. The van der Waals surface area contributed by atoms with Gasteiger partial charge in [0.25, 0.3) is 0 Å². The van der Waals surface area contributed by atoms with Crippen LogP contribution in [-0.4, -0.2) is 138 Å². The molecule has 0 saturated carbocycles. The van der Waals surface area contributed by atoms with Crippen LogP contribution >= 0.6 is 0 Å². The number of hydrogen-bond donors (Lipinski definition) is 2. The highest BCUT2D eigenvalue weighted by Gasteiger charge is 2.33. The standard InChI is InChI=1S/C45H90N2O8/c1-7-9-11-13-15-17-19-21-23-25-27-29-33-52-39-45(41-54-35-31-46(3,4)37-43(48)49,42-55-36-32-47(5,6)38-44(50)51)40-53-34-30-28-26-24-22-20-18-16-14-12-10-8-2/h7-42H2,1-6H3/p+2. The smallest absolute Gasteiger partial charge is 0.359 e. The Morgan fingerprint density at radius 1 is 0.400 bits per heavy atom. The number of nitrogens with zero attached hydrogens (tertiary/aromatic N) is 2. The van der Waals surface area contributed by atoms with E-state index in [1.165, 1.54) is 141 Å². The Labute approximate surface area is 339 Å². The lowest BCUT2D eigenvalue weighted by Gasteiger charge is -2.34. The fourth-order valence-corrected chi connectivity index (χ4v) is 7.01. The maximum atomic E-state index is 11.4. The minimum atomic E-state index is -0.825. The van der Waals surface area contributed by atoms with Crippen LogP contribution in [0.25, 0.3) is 0 Å².